The van der Waals surface area contributed by atoms with Crippen LogP contribution in [0.5, 0.6) is 0 Å². The molecule has 0 heterocycles. The molecule has 0 aliphatic heterocycles. The summed E-state index contributed by atoms with van der Waals surface area (Å²) in [6.45, 7) is 6.08. The molecule has 5 heteroatoms. The van der Waals surface area contributed by atoms with Gasteiger partial charge in [-0.15, -0.1) is 0 Å². The summed E-state index contributed by atoms with van der Waals surface area (Å²) in [5.41, 5.74) is 4.91. The van der Waals surface area contributed by atoms with E-state index in [0.29, 0.717) is 0 Å². The number of rotatable bonds is 6. The monoisotopic (exact) mass is 459 g/mol. The third kappa shape index (κ3) is 4.85. The van der Waals surface area contributed by atoms with Crippen LogP contribution < -0.4 is 10.6 Å². The van der Waals surface area contributed by atoms with Crippen molar-refractivity contribution >= 4 is 39.9 Å². The molecule has 2 N–H and O–H groups in total. The molecule has 0 unspecified atom stereocenters. The Kier molecular flexibility index (Phi) is 7.22. The number of nitrogens with zero attached hydrogens (tertiary/aromatic N) is 1. The van der Waals surface area contributed by atoms with E-state index < -0.39 is 5.91 Å². The van der Waals surface area contributed by atoms with Crippen LogP contribution in [0.4, 0.5) is 11.4 Å². The van der Waals surface area contributed by atoms with Crippen LogP contribution in [0, 0.1) is 21.8 Å². The predicted octanol–water partition coefficient (Wildman–Crippen LogP) is 5.18. The van der Waals surface area contributed by atoms with Gasteiger partial charge in [0.2, 0.25) is 0 Å². The fourth-order valence-corrected chi connectivity index (χ4v) is 3.32. The summed E-state index contributed by atoms with van der Waals surface area (Å²) < 4.78 is 1.14. The first-order valence-corrected chi connectivity index (χ1v) is 9.63. The molecule has 2 rings (SSSR count). The van der Waals surface area contributed by atoms with E-state index >= 15 is 0 Å². The summed E-state index contributed by atoms with van der Waals surface area (Å²) in [4.78, 5) is 12.6. The lowest BCUT2D eigenvalue weighted by molar-refractivity contribution is -0.112. The summed E-state index contributed by atoms with van der Waals surface area (Å²) in [5.74, 6) is -0.404. The Balaban J connectivity index is 2.23. The standard InChI is InChI=1S/C21H22IN3O/c1-4-15-7-6-8-16(5-2)20(15)25-21(26)17(12-23)13-24-19-10-9-18(22)11-14(19)3/h6-11,13,24H,4-5H2,1-3H3,(H,25,26)/b17-13-. The van der Waals surface area contributed by atoms with Crippen molar-refractivity contribution in [1.82, 2.24) is 0 Å². The number of hydrogen-bond donors (Lipinski definition) is 2. The second-order valence-corrected chi connectivity index (χ2v) is 7.13. The molecule has 0 aliphatic rings. The van der Waals surface area contributed by atoms with Crippen LogP contribution in [0.25, 0.3) is 0 Å². The third-order valence-corrected chi connectivity index (χ3v) is 4.83. The number of nitriles is 1. The van der Waals surface area contributed by atoms with Gasteiger partial charge in [0.1, 0.15) is 11.6 Å². The first-order chi connectivity index (χ1) is 12.5. The fourth-order valence-electron chi connectivity index (χ4n) is 2.67. The number of carbonyl (C=O) groups is 1. The minimum Gasteiger partial charge on any atom is -0.360 e. The maximum absolute atomic E-state index is 12.6. The summed E-state index contributed by atoms with van der Waals surface area (Å²) in [6.07, 6.45) is 3.09. The molecule has 0 saturated carbocycles. The van der Waals surface area contributed by atoms with Crippen molar-refractivity contribution in [3.63, 3.8) is 0 Å². The number of halogens is 1. The average Bonchev–Trinajstić information content (AvgIpc) is 2.63. The van der Waals surface area contributed by atoms with E-state index in [0.717, 1.165) is 44.5 Å². The zero-order chi connectivity index (χ0) is 19.1. The molecule has 0 spiro atoms. The van der Waals surface area contributed by atoms with Gasteiger partial charge in [0, 0.05) is 21.1 Å². The Hall–Kier alpha value is -2.33. The lowest BCUT2D eigenvalue weighted by Gasteiger charge is -2.14. The lowest BCUT2D eigenvalue weighted by atomic mass is 10.0. The zero-order valence-corrected chi connectivity index (χ0v) is 17.3. The van der Waals surface area contributed by atoms with E-state index in [-0.39, 0.29) is 5.57 Å². The van der Waals surface area contributed by atoms with Crippen molar-refractivity contribution in [2.24, 2.45) is 0 Å². The van der Waals surface area contributed by atoms with E-state index in [1.807, 2.05) is 63.2 Å². The van der Waals surface area contributed by atoms with Crippen LogP contribution >= 0.6 is 22.6 Å². The zero-order valence-electron chi connectivity index (χ0n) is 15.2. The molecule has 2 aromatic carbocycles. The van der Waals surface area contributed by atoms with Crippen molar-refractivity contribution in [1.29, 1.82) is 5.26 Å². The number of benzene rings is 2. The van der Waals surface area contributed by atoms with Crippen molar-refractivity contribution in [2.75, 3.05) is 10.6 Å². The van der Waals surface area contributed by atoms with Crippen LogP contribution in [-0.2, 0) is 17.6 Å². The Morgan fingerprint density at radius 2 is 1.85 bits per heavy atom. The summed E-state index contributed by atoms with van der Waals surface area (Å²) >= 11 is 2.25. The summed E-state index contributed by atoms with van der Waals surface area (Å²) in [5, 5.41) is 15.4. The normalized spacial score (nSPS) is 11.0. The average molecular weight is 459 g/mol. The number of anilines is 2. The Bertz CT molecular complexity index is 859. The Labute approximate surface area is 168 Å². The summed E-state index contributed by atoms with van der Waals surface area (Å²) in [7, 11) is 0. The largest absolute Gasteiger partial charge is 0.360 e. The molecule has 0 fully saturated rings. The Morgan fingerprint density at radius 1 is 1.19 bits per heavy atom. The van der Waals surface area contributed by atoms with E-state index in [1.54, 1.807) is 0 Å². The first kappa shape index (κ1) is 20.0. The van der Waals surface area contributed by atoms with E-state index in [2.05, 4.69) is 33.2 Å². The van der Waals surface area contributed by atoms with Crippen molar-refractivity contribution in [3.8, 4) is 6.07 Å². The van der Waals surface area contributed by atoms with Crippen LogP contribution in [0.2, 0.25) is 0 Å². The van der Waals surface area contributed by atoms with Crippen molar-refractivity contribution in [3.05, 3.63) is 68.4 Å². The first-order valence-electron chi connectivity index (χ1n) is 8.55. The lowest BCUT2D eigenvalue weighted by Crippen LogP contribution is -2.17. The number of nitrogens with one attached hydrogen (secondary N) is 2. The third-order valence-electron chi connectivity index (χ3n) is 4.16. The highest BCUT2D eigenvalue weighted by atomic mass is 127. The van der Waals surface area contributed by atoms with Gasteiger partial charge in [-0.2, -0.15) is 5.26 Å². The molecule has 0 bridgehead atoms. The van der Waals surface area contributed by atoms with Crippen molar-refractivity contribution in [2.45, 2.75) is 33.6 Å². The van der Waals surface area contributed by atoms with Crippen LogP contribution in [0.3, 0.4) is 0 Å². The van der Waals surface area contributed by atoms with Gasteiger partial charge < -0.3 is 10.6 Å². The van der Waals surface area contributed by atoms with Crippen LogP contribution in [0.15, 0.2) is 48.2 Å². The molecular formula is C21H22IN3O. The Morgan fingerprint density at radius 3 is 2.38 bits per heavy atom. The number of amides is 1. The highest BCUT2D eigenvalue weighted by Gasteiger charge is 2.14. The van der Waals surface area contributed by atoms with Gasteiger partial charge in [-0.05, 0) is 77.2 Å². The maximum Gasteiger partial charge on any atom is 0.267 e. The highest BCUT2D eigenvalue weighted by molar-refractivity contribution is 14.1. The van der Waals surface area contributed by atoms with Gasteiger partial charge in [0.15, 0.2) is 0 Å². The van der Waals surface area contributed by atoms with Gasteiger partial charge in [-0.25, -0.2) is 0 Å². The maximum atomic E-state index is 12.6. The molecule has 134 valence electrons. The molecule has 4 nitrogen and oxygen atoms in total. The molecule has 2 aromatic rings. The molecular weight excluding hydrogens is 437 g/mol. The van der Waals surface area contributed by atoms with Gasteiger partial charge in [0.05, 0.1) is 0 Å². The van der Waals surface area contributed by atoms with E-state index in [1.165, 1.54) is 6.20 Å². The van der Waals surface area contributed by atoms with Gasteiger partial charge >= 0.3 is 0 Å². The molecule has 0 aromatic heterocycles. The second kappa shape index (κ2) is 9.39. The fraction of sp³-hybridized carbons (Fsp3) is 0.238. The summed E-state index contributed by atoms with van der Waals surface area (Å²) in [6, 6.07) is 13.9. The molecule has 0 atom stereocenters. The van der Waals surface area contributed by atoms with Gasteiger partial charge in [0.25, 0.3) is 5.91 Å². The topological polar surface area (TPSA) is 64.9 Å². The minimum atomic E-state index is -0.404. The van der Waals surface area contributed by atoms with E-state index in [4.69, 9.17) is 0 Å². The minimum absolute atomic E-state index is 0.0379. The second-order valence-electron chi connectivity index (χ2n) is 5.89. The number of hydrogen-bond acceptors (Lipinski definition) is 3. The SMILES string of the molecule is CCc1cccc(CC)c1NC(=O)/C(C#N)=C\Nc1ccc(I)cc1C. The van der Waals surface area contributed by atoms with Crippen molar-refractivity contribution < 1.29 is 4.79 Å². The highest BCUT2D eigenvalue weighted by Crippen LogP contribution is 2.23. The van der Waals surface area contributed by atoms with Crippen LogP contribution in [0.1, 0.15) is 30.5 Å². The van der Waals surface area contributed by atoms with Gasteiger partial charge in [-0.1, -0.05) is 32.0 Å². The van der Waals surface area contributed by atoms with E-state index in [9.17, 15) is 10.1 Å². The molecule has 0 aliphatic carbocycles. The number of aryl methyl sites for hydroxylation is 3. The van der Waals surface area contributed by atoms with Crippen LogP contribution in [-0.4, -0.2) is 5.91 Å². The molecule has 1 amide bonds. The smallest absolute Gasteiger partial charge is 0.267 e. The quantitative estimate of drug-likeness (QED) is 0.355. The molecule has 0 radical (unpaired) electrons. The molecule has 26 heavy (non-hydrogen) atoms. The number of para-hydroxylation sites is 1. The molecule has 0 saturated heterocycles. The van der Waals surface area contributed by atoms with Gasteiger partial charge in [-0.3, -0.25) is 4.79 Å². The predicted molar refractivity (Wildman–Crippen MR) is 115 cm³/mol. The number of carbonyl (C=O) groups excluding carboxylic acids is 1.